The van der Waals surface area contributed by atoms with Crippen LogP contribution >= 0.6 is 11.6 Å². The third-order valence-corrected chi connectivity index (χ3v) is 5.38. The molecule has 1 heterocycles. The van der Waals surface area contributed by atoms with E-state index in [0.29, 0.717) is 5.02 Å². The zero-order valence-electron chi connectivity index (χ0n) is 16.9. The standard InChI is InChI=1S/C24H25ClN4O/c1-30-18-8-10-22-20(14-18)24(19-9-7-17(25)13-23(19)29-22)28-12-4-11-27-15-16-5-2-3-6-21(16)26/h2-3,5-10,13-14,27H,4,11-12,15,26H2,1H3,(H,28,29). The van der Waals surface area contributed by atoms with Gasteiger partial charge < -0.3 is 21.1 Å². The Balaban J connectivity index is 1.48. The summed E-state index contributed by atoms with van der Waals surface area (Å²) < 4.78 is 5.42. The largest absolute Gasteiger partial charge is 0.497 e. The number of nitrogens with two attached hydrogens (primary N) is 1. The fourth-order valence-electron chi connectivity index (χ4n) is 3.56. The van der Waals surface area contributed by atoms with Gasteiger partial charge in [-0.05, 0) is 61.0 Å². The molecular formula is C24H25ClN4O. The van der Waals surface area contributed by atoms with Crippen molar-refractivity contribution >= 4 is 44.8 Å². The first-order valence-electron chi connectivity index (χ1n) is 10.0. The Morgan fingerprint density at radius 3 is 2.67 bits per heavy atom. The number of methoxy groups -OCH3 is 1. The molecule has 4 aromatic rings. The molecule has 30 heavy (non-hydrogen) atoms. The highest BCUT2D eigenvalue weighted by molar-refractivity contribution is 6.31. The molecule has 4 rings (SSSR count). The van der Waals surface area contributed by atoms with Crippen LogP contribution in [0.3, 0.4) is 0 Å². The summed E-state index contributed by atoms with van der Waals surface area (Å²) in [5, 5.41) is 9.83. The molecule has 0 bridgehead atoms. The number of nitrogens with zero attached hydrogens (tertiary/aromatic N) is 1. The van der Waals surface area contributed by atoms with Crippen molar-refractivity contribution in [1.82, 2.24) is 10.3 Å². The van der Waals surface area contributed by atoms with Crippen LogP contribution in [-0.2, 0) is 6.54 Å². The lowest BCUT2D eigenvalue weighted by Gasteiger charge is -2.14. The number of hydrogen-bond acceptors (Lipinski definition) is 5. The van der Waals surface area contributed by atoms with Gasteiger partial charge in [0.25, 0.3) is 0 Å². The van der Waals surface area contributed by atoms with Gasteiger partial charge in [0, 0.05) is 34.6 Å². The first-order chi connectivity index (χ1) is 14.7. The summed E-state index contributed by atoms with van der Waals surface area (Å²) in [5.74, 6) is 0.808. The zero-order chi connectivity index (χ0) is 20.9. The highest BCUT2D eigenvalue weighted by atomic mass is 35.5. The van der Waals surface area contributed by atoms with Crippen LogP contribution in [0.15, 0.2) is 60.7 Å². The Labute approximate surface area is 181 Å². The van der Waals surface area contributed by atoms with Crippen molar-refractivity contribution in [2.24, 2.45) is 0 Å². The molecule has 0 aliphatic carbocycles. The van der Waals surface area contributed by atoms with Gasteiger partial charge in [-0.15, -0.1) is 0 Å². The number of hydrogen-bond donors (Lipinski definition) is 3. The molecule has 0 fully saturated rings. The SMILES string of the molecule is COc1ccc2nc3cc(Cl)ccc3c(NCCCNCc3ccccc3N)c2c1. The number of ether oxygens (including phenoxy) is 1. The fraction of sp³-hybridized carbons (Fsp3) is 0.208. The number of rotatable bonds is 8. The topological polar surface area (TPSA) is 72.2 Å². The van der Waals surface area contributed by atoms with E-state index in [4.69, 9.17) is 27.1 Å². The van der Waals surface area contributed by atoms with Crippen molar-refractivity contribution in [3.05, 3.63) is 71.2 Å². The molecule has 0 spiro atoms. The first kappa shape index (κ1) is 20.3. The summed E-state index contributed by atoms with van der Waals surface area (Å²) in [5.41, 5.74) is 10.8. The molecule has 154 valence electrons. The van der Waals surface area contributed by atoms with E-state index in [1.165, 1.54) is 0 Å². The maximum absolute atomic E-state index is 6.20. The number of benzene rings is 3. The Kier molecular flexibility index (Phi) is 6.21. The minimum Gasteiger partial charge on any atom is -0.497 e. The maximum Gasteiger partial charge on any atom is 0.119 e. The van der Waals surface area contributed by atoms with E-state index in [9.17, 15) is 0 Å². The van der Waals surface area contributed by atoms with Crippen LogP contribution in [0, 0.1) is 0 Å². The molecule has 1 aromatic heterocycles. The van der Waals surface area contributed by atoms with Gasteiger partial charge in [0.2, 0.25) is 0 Å². The quantitative estimate of drug-likeness (QED) is 0.207. The molecule has 0 saturated carbocycles. The number of halogens is 1. The number of anilines is 2. The van der Waals surface area contributed by atoms with Gasteiger partial charge in [-0.1, -0.05) is 29.8 Å². The zero-order valence-corrected chi connectivity index (χ0v) is 17.7. The normalized spacial score (nSPS) is 11.1. The molecule has 3 aromatic carbocycles. The second-order valence-electron chi connectivity index (χ2n) is 7.19. The Hall–Kier alpha value is -3.02. The van der Waals surface area contributed by atoms with Crippen molar-refractivity contribution in [2.45, 2.75) is 13.0 Å². The average Bonchev–Trinajstić information content (AvgIpc) is 2.76. The molecule has 0 amide bonds. The van der Waals surface area contributed by atoms with Gasteiger partial charge in [0.05, 0.1) is 23.8 Å². The predicted molar refractivity (Wildman–Crippen MR) is 126 cm³/mol. The van der Waals surface area contributed by atoms with Crippen LogP contribution in [0.5, 0.6) is 5.75 Å². The highest BCUT2D eigenvalue weighted by Gasteiger charge is 2.10. The van der Waals surface area contributed by atoms with Gasteiger partial charge >= 0.3 is 0 Å². The summed E-state index contributed by atoms with van der Waals surface area (Å²) in [6, 6.07) is 19.7. The van der Waals surface area contributed by atoms with Crippen molar-refractivity contribution in [3.8, 4) is 5.75 Å². The summed E-state index contributed by atoms with van der Waals surface area (Å²) in [6.07, 6.45) is 0.968. The molecule has 0 saturated heterocycles. The van der Waals surface area contributed by atoms with E-state index >= 15 is 0 Å². The highest BCUT2D eigenvalue weighted by Crippen LogP contribution is 2.34. The Morgan fingerprint density at radius 1 is 0.967 bits per heavy atom. The van der Waals surface area contributed by atoms with Gasteiger partial charge in [-0.3, -0.25) is 0 Å². The average molecular weight is 421 g/mol. The van der Waals surface area contributed by atoms with Crippen molar-refractivity contribution in [3.63, 3.8) is 0 Å². The van der Waals surface area contributed by atoms with E-state index in [1.807, 2.05) is 60.7 Å². The van der Waals surface area contributed by atoms with Crippen LogP contribution in [0.2, 0.25) is 5.02 Å². The number of aromatic nitrogens is 1. The Morgan fingerprint density at radius 2 is 1.83 bits per heavy atom. The summed E-state index contributed by atoms with van der Waals surface area (Å²) in [6.45, 7) is 2.48. The van der Waals surface area contributed by atoms with Crippen LogP contribution in [-0.4, -0.2) is 25.2 Å². The second kappa shape index (κ2) is 9.20. The van der Waals surface area contributed by atoms with Crippen molar-refractivity contribution in [1.29, 1.82) is 0 Å². The van der Waals surface area contributed by atoms with Crippen molar-refractivity contribution in [2.75, 3.05) is 31.2 Å². The van der Waals surface area contributed by atoms with E-state index in [2.05, 4.69) is 10.6 Å². The molecule has 6 heteroatoms. The van der Waals surface area contributed by atoms with Gasteiger partial charge in [0.15, 0.2) is 0 Å². The van der Waals surface area contributed by atoms with E-state index in [0.717, 1.165) is 70.5 Å². The minimum absolute atomic E-state index is 0.679. The van der Waals surface area contributed by atoms with E-state index < -0.39 is 0 Å². The number of para-hydroxylation sites is 1. The molecule has 0 atom stereocenters. The summed E-state index contributed by atoms with van der Waals surface area (Å²) >= 11 is 6.20. The maximum atomic E-state index is 6.20. The van der Waals surface area contributed by atoms with Gasteiger partial charge in [-0.25, -0.2) is 4.98 Å². The van der Waals surface area contributed by atoms with Crippen LogP contribution in [0.4, 0.5) is 11.4 Å². The smallest absolute Gasteiger partial charge is 0.119 e. The number of nitrogen functional groups attached to an aromatic ring is 1. The summed E-state index contributed by atoms with van der Waals surface area (Å²) in [7, 11) is 1.67. The third kappa shape index (κ3) is 4.42. The summed E-state index contributed by atoms with van der Waals surface area (Å²) in [4.78, 5) is 4.77. The lowest BCUT2D eigenvalue weighted by molar-refractivity contribution is 0.415. The Bertz CT molecular complexity index is 1180. The monoisotopic (exact) mass is 420 g/mol. The molecule has 4 N–H and O–H groups in total. The molecule has 0 aliphatic rings. The third-order valence-electron chi connectivity index (χ3n) is 5.15. The molecular weight excluding hydrogens is 396 g/mol. The molecule has 0 aliphatic heterocycles. The lowest BCUT2D eigenvalue weighted by Crippen LogP contribution is -2.18. The van der Waals surface area contributed by atoms with E-state index in [1.54, 1.807) is 7.11 Å². The molecule has 5 nitrogen and oxygen atoms in total. The molecule has 0 radical (unpaired) electrons. The molecule has 0 unspecified atom stereocenters. The number of fused-ring (bicyclic) bond motifs is 2. The van der Waals surface area contributed by atoms with Crippen LogP contribution < -0.4 is 21.1 Å². The van der Waals surface area contributed by atoms with Gasteiger partial charge in [-0.2, -0.15) is 0 Å². The second-order valence-corrected chi connectivity index (χ2v) is 7.62. The van der Waals surface area contributed by atoms with Gasteiger partial charge in [0.1, 0.15) is 5.75 Å². The van der Waals surface area contributed by atoms with Crippen LogP contribution in [0.1, 0.15) is 12.0 Å². The van der Waals surface area contributed by atoms with Crippen molar-refractivity contribution < 1.29 is 4.74 Å². The first-order valence-corrected chi connectivity index (χ1v) is 10.4. The number of pyridine rings is 1. The number of nitrogens with one attached hydrogen (secondary N) is 2. The van der Waals surface area contributed by atoms with Crippen LogP contribution in [0.25, 0.3) is 21.8 Å². The predicted octanol–water partition coefficient (Wildman–Crippen LogP) is 5.22. The fourth-order valence-corrected chi connectivity index (χ4v) is 3.73. The minimum atomic E-state index is 0.679. The lowest BCUT2D eigenvalue weighted by atomic mass is 10.1. The van der Waals surface area contributed by atoms with E-state index in [-0.39, 0.29) is 0 Å².